The highest BCUT2D eigenvalue weighted by Crippen LogP contribution is 2.39. The van der Waals surface area contributed by atoms with Crippen molar-refractivity contribution >= 4 is 27.4 Å². The van der Waals surface area contributed by atoms with Gasteiger partial charge in [-0.05, 0) is 43.4 Å². The van der Waals surface area contributed by atoms with Crippen LogP contribution < -0.4 is 5.32 Å². The van der Waals surface area contributed by atoms with Crippen LogP contribution in [-0.4, -0.2) is 41.1 Å². The topological polar surface area (TPSA) is 49.8 Å². The van der Waals surface area contributed by atoms with E-state index in [0.29, 0.717) is 5.92 Å². The molecule has 1 N–H and O–H groups in total. The Morgan fingerprint density at radius 1 is 1.38 bits per heavy atom. The molecular weight excluding hydrogens is 284 g/mol. The largest absolute Gasteiger partial charge is 0.364 e. The summed E-state index contributed by atoms with van der Waals surface area (Å²) in [4.78, 5) is 12.8. The van der Waals surface area contributed by atoms with Crippen LogP contribution >= 0.6 is 11.3 Å². The molecule has 6 rings (SSSR count). The van der Waals surface area contributed by atoms with Gasteiger partial charge in [-0.2, -0.15) is 0 Å². The molecule has 2 aromatic heterocycles. The second-order valence-corrected chi connectivity index (χ2v) is 7.07. The highest BCUT2D eigenvalue weighted by molar-refractivity contribution is 7.17. The van der Waals surface area contributed by atoms with Crippen LogP contribution in [0.15, 0.2) is 28.9 Å². The van der Waals surface area contributed by atoms with Crippen molar-refractivity contribution in [1.29, 1.82) is 0 Å². The molecule has 2 aromatic rings. The first-order valence-corrected chi connectivity index (χ1v) is 8.31. The Labute approximate surface area is 126 Å². The molecule has 2 bridgehead atoms. The minimum absolute atomic E-state index is 0.309. The van der Waals surface area contributed by atoms with Gasteiger partial charge in [0.1, 0.15) is 0 Å². The zero-order chi connectivity index (χ0) is 13.9. The van der Waals surface area contributed by atoms with E-state index in [1.54, 1.807) is 11.3 Å². The van der Waals surface area contributed by atoms with Crippen molar-refractivity contribution in [3.63, 3.8) is 0 Å². The van der Waals surface area contributed by atoms with Crippen molar-refractivity contribution in [2.75, 3.05) is 19.6 Å². The van der Waals surface area contributed by atoms with Gasteiger partial charge in [-0.3, -0.25) is 9.88 Å². The monoisotopic (exact) mass is 300 g/mol. The molecule has 0 saturated carbocycles. The molecule has 4 aliphatic heterocycles. The average molecular weight is 300 g/mol. The molecular formula is C15H16N4OS. The Kier molecular flexibility index (Phi) is 2.37. The summed E-state index contributed by atoms with van der Waals surface area (Å²) in [5.41, 5.74) is 1.75. The predicted molar refractivity (Wildman–Crippen MR) is 82.3 cm³/mol. The second kappa shape index (κ2) is 4.18. The number of nitrogens with one attached hydrogen (secondary N) is 1. The number of hydrogen-bond acceptors (Lipinski definition) is 6. The van der Waals surface area contributed by atoms with E-state index < -0.39 is 0 Å². The van der Waals surface area contributed by atoms with Crippen LogP contribution in [0, 0.1) is 5.92 Å². The Bertz CT molecular complexity index is 734. The number of amidine groups is 1. The van der Waals surface area contributed by atoms with Crippen molar-refractivity contribution in [3.05, 3.63) is 29.3 Å². The molecule has 3 fully saturated rings. The van der Waals surface area contributed by atoms with E-state index in [9.17, 15) is 0 Å². The number of thiophene rings is 1. The van der Waals surface area contributed by atoms with Gasteiger partial charge in [0.05, 0.1) is 16.8 Å². The number of piperidine rings is 3. The van der Waals surface area contributed by atoms with Crippen LogP contribution in [0.25, 0.3) is 10.2 Å². The lowest BCUT2D eigenvalue weighted by Gasteiger charge is -2.49. The SMILES string of the molecule is c1cc2ncc(C3=NO[C@@]4(CN5CCC4CC5)N3)cc2s1. The fraction of sp³-hybridized carbons (Fsp3) is 0.467. The Morgan fingerprint density at radius 2 is 2.29 bits per heavy atom. The number of nitrogens with zero attached hydrogens (tertiary/aromatic N) is 3. The fourth-order valence-electron chi connectivity index (χ4n) is 3.74. The van der Waals surface area contributed by atoms with Crippen LogP contribution in [0.3, 0.4) is 0 Å². The van der Waals surface area contributed by atoms with E-state index in [2.05, 4.69) is 31.8 Å². The second-order valence-electron chi connectivity index (χ2n) is 6.12. The molecule has 108 valence electrons. The van der Waals surface area contributed by atoms with Crippen LogP contribution in [0.5, 0.6) is 0 Å². The minimum atomic E-state index is -0.309. The zero-order valence-corrected chi connectivity index (χ0v) is 12.4. The molecule has 0 aromatic carbocycles. The summed E-state index contributed by atoms with van der Waals surface area (Å²) in [6.07, 6.45) is 4.26. The maximum absolute atomic E-state index is 5.89. The van der Waals surface area contributed by atoms with E-state index in [1.807, 2.05) is 12.3 Å². The van der Waals surface area contributed by atoms with Gasteiger partial charge in [0.25, 0.3) is 0 Å². The zero-order valence-electron chi connectivity index (χ0n) is 11.6. The molecule has 4 aliphatic rings. The molecule has 6 heteroatoms. The third-order valence-electron chi connectivity index (χ3n) is 4.91. The van der Waals surface area contributed by atoms with Gasteiger partial charge in [0, 0.05) is 17.7 Å². The van der Waals surface area contributed by atoms with Gasteiger partial charge >= 0.3 is 0 Å². The average Bonchev–Trinajstić information content (AvgIpc) is 3.15. The highest BCUT2D eigenvalue weighted by atomic mass is 32.1. The molecule has 0 radical (unpaired) electrons. The van der Waals surface area contributed by atoms with Crippen molar-refractivity contribution in [2.24, 2.45) is 11.1 Å². The predicted octanol–water partition coefficient (Wildman–Crippen LogP) is 2.00. The Hall–Kier alpha value is -1.66. The van der Waals surface area contributed by atoms with E-state index in [0.717, 1.165) is 23.5 Å². The number of fused-ring (bicyclic) bond motifs is 3. The van der Waals surface area contributed by atoms with Crippen molar-refractivity contribution < 1.29 is 4.84 Å². The molecule has 3 saturated heterocycles. The third kappa shape index (κ3) is 1.72. The van der Waals surface area contributed by atoms with Crippen molar-refractivity contribution in [1.82, 2.24) is 15.2 Å². The molecule has 1 spiro atoms. The van der Waals surface area contributed by atoms with Crippen LogP contribution in [0.4, 0.5) is 0 Å². The lowest BCUT2D eigenvalue weighted by Crippen LogP contribution is -2.65. The maximum Gasteiger partial charge on any atom is 0.224 e. The third-order valence-corrected chi connectivity index (χ3v) is 5.76. The van der Waals surface area contributed by atoms with E-state index in [4.69, 9.17) is 4.84 Å². The summed E-state index contributed by atoms with van der Waals surface area (Å²) in [5, 5.41) is 9.96. The number of aromatic nitrogens is 1. The highest BCUT2D eigenvalue weighted by Gasteiger charge is 2.52. The van der Waals surface area contributed by atoms with Gasteiger partial charge < -0.3 is 10.2 Å². The summed E-state index contributed by atoms with van der Waals surface area (Å²) in [5.74, 6) is 1.38. The van der Waals surface area contributed by atoms with Crippen molar-refractivity contribution in [3.8, 4) is 0 Å². The molecule has 6 heterocycles. The molecule has 5 nitrogen and oxygen atoms in total. The molecule has 0 aliphatic carbocycles. The lowest BCUT2D eigenvalue weighted by atomic mass is 9.81. The summed E-state index contributed by atoms with van der Waals surface area (Å²) < 4.78 is 1.19. The number of rotatable bonds is 1. The minimum Gasteiger partial charge on any atom is -0.364 e. The van der Waals surface area contributed by atoms with Crippen LogP contribution in [0.1, 0.15) is 18.4 Å². The summed E-state index contributed by atoms with van der Waals surface area (Å²) in [7, 11) is 0. The lowest BCUT2D eigenvalue weighted by molar-refractivity contribution is -0.148. The van der Waals surface area contributed by atoms with Crippen LogP contribution in [0.2, 0.25) is 0 Å². The molecule has 0 unspecified atom stereocenters. The van der Waals surface area contributed by atoms with E-state index >= 15 is 0 Å². The molecule has 21 heavy (non-hydrogen) atoms. The normalized spacial score (nSPS) is 34.0. The fourth-order valence-corrected chi connectivity index (χ4v) is 4.52. The number of oxime groups is 1. The summed E-state index contributed by atoms with van der Waals surface area (Å²) >= 11 is 1.71. The van der Waals surface area contributed by atoms with Gasteiger partial charge in [-0.15, -0.1) is 11.3 Å². The first-order chi connectivity index (χ1) is 10.3. The van der Waals surface area contributed by atoms with Crippen molar-refractivity contribution in [2.45, 2.75) is 18.6 Å². The van der Waals surface area contributed by atoms with Gasteiger partial charge in [-0.25, -0.2) is 0 Å². The van der Waals surface area contributed by atoms with Gasteiger partial charge in [0.15, 0.2) is 5.84 Å². The van der Waals surface area contributed by atoms with E-state index in [-0.39, 0.29) is 5.72 Å². The van der Waals surface area contributed by atoms with Gasteiger partial charge in [0.2, 0.25) is 5.72 Å². The molecule has 0 amide bonds. The summed E-state index contributed by atoms with van der Waals surface area (Å²) in [6, 6.07) is 4.18. The first kappa shape index (κ1) is 11.9. The molecule has 1 atom stereocenters. The number of pyridine rings is 1. The summed E-state index contributed by atoms with van der Waals surface area (Å²) in [6.45, 7) is 3.31. The smallest absolute Gasteiger partial charge is 0.224 e. The quantitative estimate of drug-likeness (QED) is 0.875. The van der Waals surface area contributed by atoms with Gasteiger partial charge in [-0.1, -0.05) is 5.16 Å². The standard InChI is InChI=1S/C15H16N4OS/c1-4-19-5-2-11(1)15(9-19)17-14(18-20-15)10-7-13-12(16-8-10)3-6-21-13/h3,6-8,11H,1-2,4-5,9H2,(H,17,18)/t15-/m1/s1. The Morgan fingerprint density at radius 3 is 3.10 bits per heavy atom. The Balaban J connectivity index is 1.46. The van der Waals surface area contributed by atoms with E-state index in [1.165, 1.54) is 30.6 Å². The first-order valence-electron chi connectivity index (χ1n) is 7.43. The number of hydrogen-bond donors (Lipinski definition) is 1. The van der Waals surface area contributed by atoms with Crippen LogP contribution in [-0.2, 0) is 4.84 Å². The maximum atomic E-state index is 5.89.